The molecule has 0 aliphatic heterocycles. The van der Waals surface area contributed by atoms with Crippen LogP contribution in [0.4, 0.5) is 0 Å². The molecular formula is C50H97NO4. The van der Waals surface area contributed by atoms with Crippen LogP contribution in [0.3, 0.4) is 0 Å². The van der Waals surface area contributed by atoms with Crippen molar-refractivity contribution in [2.24, 2.45) is 0 Å². The van der Waals surface area contributed by atoms with Crippen LogP contribution < -0.4 is 5.32 Å². The van der Waals surface area contributed by atoms with Crippen LogP contribution >= 0.6 is 0 Å². The molecule has 3 atom stereocenters. The van der Waals surface area contributed by atoms with Crippen molar-refractivity contribution in [3.8, 4) is 0 Å². The van der Waals surface area contributed by atoms with Gasteiger partial charge in [0.25, 0.3) is 0 Å². The predicted octanol–water partition coefficient (Wildman–Crippen LogP) is 14.6. The summed E-state index contributed by atoms with van der Waals surface area (Å²) in [4.78, 5) is 12.5. The van der Waals surface area contributed by atoms with E-state index in [9.17, 15) is 20.1 Å². The van der Waals surface area contributed by atoms with Crippen LogP contribution in [0.5, 0.6) is 0 Å². The maximum Gasteiger partial charge on any atom is 0.220 e. The molecule has 55 heavy (non-hydrogen) atoms. The van der Waals surface area contributed by atoms with Gasteiger partial charge in [0.1, 0.15) is 6.10 Å². The molecule has 0 rings (SSSR count). The van der Waals surface area contributed by atoms with Gasteiger partial charge in [-0.1, -0.05) is 231 Å². The third-order valence-electron chi connectivity index (χ3n) is 11.5. The van der Waals surface area contributed by atoms with Crippen molar-refractivity contribution in [2.75, 3.05) is 6.61 Å². The fourth-order valence-corrected chi connectivity index (χ4v) is 7.71. The van der Waals surface area contributed by atoms with Gasteiger partial charge in [0.15, 0.2) is 0 Å². The SMILES string of the molecule is CCCCCCCCC/C=C/CC/C=C/CCCC(O)C(O)C(CO)NC(=O)CCCCCCCCCCCCCCCCCCCCCCCCCCC. The molecule has 0 bridgehead atoms. The van der Waals surface area contributed by atoms with E-state index in [4.69, 9.17) is 0 Å². The molecule has 0 saturated carbocycles. The van der Waals surface area contributed by atoms with E-state index >= 15 is 0 Å². The molecule has 0 radical (unpaired) electrons. The summed E-state index contributed by atoms with van der Waals surface area (Å²) in [5.41, 5.74) is 0. The van der Waals surface area contributed by atoms with Crippen LogP contribution in [0.15, 0.2) is 24.3 Å². The average Bonchev–Trinajstić information content (AvgIpc) is 3.19. The van der Waals surface area contributed by atoms with Crippen molar-refractivity contribution < 1.29 is 20.1 Å². The van der Waals surface area contributed by atoms with Gasteiger partial charge in [-0.2, -0.15) is 0 Å². The number of hydrogen-bond acceptors (Lipinski definition) is 4. The van der Waals surface area contributed by atoms with Crippen LogP contribution in [0, 0.1) is 0 Å². The first-order valence-electron chi connectivity index (χ1n) is 24.6. The number of rotatable bonds is 45. The molecule has 3 unspecified atom stereocenters. The summed E-state index contributed by atoms with van der Waals surface area (Å²) in [6, 6.07) is -0.829. The van der Waals surface area contributed by atoms with Crippen LogP contribution in [0.1, 0.15) is 264 Å². The number of carbonyl (C=O) groups excluding carboxylic acids is 1. The molecule has 0 saturated heterocycles. The van der Waals surface area contributed by atoms with Gasteiger partial charge < -0.3 is 20.6 Å². The molecule has 0 heterocycles. The number of unbranched alkanes of at least 4 members (excludes halogenated alkanes) is 33. The van der Waals surface area contributed by atoms with Crippen LogP contribution in [-0.2, 0) is 4.79 Å². The second kappa shape index (κ2) is 45.5. The van der Waals surface area contributed by atoms with Gasteiger partial charge in [-0.15, -0.1) is 0 Å². The molecule has 0 aromatic heterocycles. The zero-order chi connectivity index (χ0) is 40.1. The minimum atomic E-state index is -1.16. The van der Waals surface area contributed by atoms with Gasteiger partial charge in [0, 0.05) is 6.42 Å². The molecule has 0 aliphatic rings. The molecule has 1 amide bonds. The minimum absolute atomic E-state index is 0.154. The highest BCUT2D eigenvalue weighted by Gasteiger charge is 2.26. The fourth-order valence-electron chi connectivity index (χ4n) is 7.71. The lowest BCUT2D eigenvalue weighted by molar-refractivity contribution is -0.124. The number of nitrogens with one attached hydrogen (secondary N) is 1. The highest BCUT2D eigenvalue weighted by atomic mass is 16.3. The average molecular weight is 776 g/mol. The summed E-state index contributed by atoms with van der Waals surface area (Å²) in [6.07, 6.45) is 55.9. The summed E-state index contributed by atoms with van der Waals surface area (Å²) in [6.45, 7) is 4.18. The minimum Gasteiger partial charge on any atom is -0.394 e. The third-order valence-corrected chi connectivity index (χ3v) is 11.5. The smallest absolute Gasteiger partial charge is 0.220 e. The summed E-state index contributed by atoms with van der Waals surface area (Å²) in [5, 5.41) is 33.6. The Morgan fingerprint density at radius 3 is 1.11 bits per heavy atom. The van der Waals surface area contributed by atoms with Crippen LogP contribution in [0.2, 0.25) is 0 Å². The standard InChI is InChI=1S/C50H97NO4/c1-3-5-7-9-11-13-15-17-19-21-22-23-24-25-26-27-28-29-31-33-35-37-39-41-43-45-49(54)51-47(46-52)50(55)48(53)44-42-40-38-36-34-32-30-20-18-16-14-12-10-8-6-4-2/h20,30,36,38,47-48,50,52-53,55H,3-19,21-29,31-35,37,39-46H2,1-2H3,(H,51,54)/b30-20+,38-36+. The summed E-state index contributed by atoms with van der Waals surface area (Å²) >= 11 is 0. The number of hydrogen-bond donors (Lipinski definition) is 4. The van der Waals surface area contributed by atoms with Gasteiger partial charge in [-0.3, -0.25) is 4.79 Å². The number of amides is 1. The Hall–Kier alpha value is -1.17. The predicted molar refractivity (Wildman–Crippen MR) is 241 cm³/mol. The van der Waals surface area contributed by atoms with Crippen molar-refractivity contribution in [1.82, 2.24) is 5.32 Å². The first-order valence-corrected chi connectivity index (χ1v) is 24.6. The number of carbonyl (C=O) groups is 1. The lowest BCUT2D eigenvalue weighted by Crippen LogP contribution is -2.50. The normalized spacial score (nSPS) is 13.6. The molecule has 0 aromatic rings. The summed E-state index contributed by atoms with van der Waals surface area (Å²) in [5.74, 6) is -0.154. The van der Waals surface area contributed by atoms with Crippen molar-refractivity contribution in [3.05, 3.63) is 24.3 Å². The monoisotopic (exact) mass is 776 g/mol. The van der Waals surface area contributed by atoms with Crippen molar-refractivity contribution in [1.29, 1.82) is 0 Å². The molecule has 0 spiro atoms. The molecule has 5 heteroatoms. The Labute approximate surface area is 343 Å². The lowest BCUT2D eigenvalue weighted by atomic mass is 10.0. The van der Waals surface area contributed by atoms with E-state index in [1.807, 2.05) is 0 Å². The second-order valence-electron chi connectivity index (χ2n) is 17.0. The molecule has 0 fully saturated rings. The third kappa shape index (κ3) is 40.8. The zero-order valence-electron chi connectivity index (χ0n) is 37.1. The van der Waals surface area contributed by atoms with E-state index < -0.39 is 18.2 Å². The van der Waals surface area contributed by atoms with Crippen molar-refractivity contribution in [2.45, 2.75) is 283 Å². The van der Waals surface area contributed by atoms with Gasteiger partial charge in [0.05, 0.1) is 18.8 Å². The van der Waals surface area contributed by atoms with Gasteiger partial charge in [-0.05, 0) is 51.4 Å². The first kappa shape index (κ1) is 53.8. The molecule has 4 N–H and O–H groups in total. The van der Waals surface area contributed by atoms with E-state index in [0.717, 1.165) is 44.9 Å². The highest BCUT2D eigenvalue weighted by molar-refractivity contribution is 5.76. The van der Waals surface area contributed by atoms with Gasteiger partial charge in [-0.25, -0.2) is 0 Å². The molecule has 5 nitrogen and oxygen atoms in total. The zero-order valence-corrected chi connectivity index (χ0v) is 37.1. The lowest BCUT2D eigenvalue weighted by Gasteiger charge is -2.26. The summed E-state index contributed by atoms with van der Waals surface area (Å²) in [7, 11) is 0. The van der Waals surface area contributed by atoms with E-state index in [1.54, 1.807) is 0 Å². The second-order valence-corrected chi connectivity index (χ2v) is 17.0. The van der Waals surface area contributed by atoms with Crippen molar-refractivity contribution in [3.63, 3.8) is 0 Å². The van der Waals surface area contributed by atoms with E-state index in [0.29, 0.717) is 12.8 Å². The number of aliphatic hydroxyl groups is 3. The maximum atomic E-state index is 12.5. The van der Waals surface area contributed by atoms with Crippen LogP contribution in [0.25, 0.3) is 0 Å². The molecular weight excluding hydrogens is 679 g/mol. The molecule has 0 aromatic carbocycles. The Bertz CT molecular complexity index is 814. The largest absolute Gasteiger partial charge is 0.394 e. The van der Waals surface area contributed by atoms with E-state index in [1.165, 1.54) is 193 Å². The van der Waals surface area contributed by atoms with Crippen molar-refractivity contribution >= 4 is 5.91 Å². The highest BCUT2D eigenvalue weighted by Crippen LogP contribution is 2.17. The Kier molecular flexibility index (Phi) is 44.6. The van der Waals surface area contributed by atoms with E-state index in [2.05, 4.69) is 43.5 Å². The molecule has 0 aliphatic carbocycles. The Balaban J connectivity index is 3.58. The molecule has 326 valence electrons. The van der Waals surface area contributed by atoms with Gasteiger partial charge >= 0.3 is 0 Å². The fraction of sp³-hybridized carbons (Fsp3) is 0.900. The number of allylic oxidation sites excluding steroid dienone is 4. The first-order chi connectivity index (χ1) is 27.1. The Morgan fingerprint density at radius 1 is 0.436 bits per heavy atom. The summed E-state index contributed by atoms with van der Waals surface area (Å²) < 4.78 is 0. The topological polar surface area (TPSA) is 89.8 Å². The Morgan fingerprint density at radius 2 is 0.745 bits per heavy atom. The van der Waals surface area contributed by atoms with E-state index in [-0.39, 0.29) is 12.5 Å². The number of aliphatic hydroxyl groups excluding tert-OH is 3. The van der Waals surface area contributed by atoms with Crippen LogP contribution in [-0.4, -0.2) is 46.1 Å². The van der Waals surface area contributed by atoms with Gasteiger partial charge in [0.2, 0.25) is 5.91 Å². The quantitative estimate of drug-likeness (QED) is 0.0366. The maximum absolute atomic E-state index is 12.5.